The number of methoxy groups -OCH3 is 2. The van der Waals surface area contributed by atoms with E-state index in [0.29, 0.717) is 24.7 Å². The largest absolute Gasteiger partial charge is 0.497 e. The molecule has 0 radical (unpaired) electrons. The third kappa shape index (κ3) is 11.7. The number of carboxylic acids is 2. The second-order valence-electron chi connectivity index (χ2n) is 8.61. The Hall–Kier alpha value is -4.77. The van der Waals surface area contributed by atoms with Crippen molar-refractivity contribution in [3.8, 4) is 16.9 Å². The summed E-state index contributed by atoms with van der Waals surface area (Å²) in [4.78, 5) is 41.5. The summed E-state index contributed by atoms with van der Waals surface area (Å²) >= 11 is 1.41. The summed E-state index contributed by atoms with van der Waals surface area (Å²) in [5, 5.41) is 14.7. The number of halogens is 6. The summed E-state index contributed by atoms with van der Waals surface area (Å²) < 4.78 is 75.0. The van der Waals surface area contributed by atoms with Crippen molar-refractivity contribution in [3.63, 3.8) is 0 Å². The smallest absolute Gasteiger partial charge is 0.490 e. The lowest BCUT2D eigenvalue weighted by atomic mass is 10.1. The first-order chi connectivity index (χ1) is 21.1. The summed E-state index contributed by atoms with van der Waals surface area (Å²) in [7, 11) is 3.26. The normalized spacial score (nSPS) is 11.0. The number of nitrogens with zero attached hydrogens (tertiary/aromatic N) is 3. The van der Waals surface area contributed by atoms with E-state index in [-0.39, 0.29) is 5.91 Å². The van der Waals surface area contributed by atoms with Gasteiger partial charge in [0.1, 0.15) is 5.75 Å². The van der Waals surface area contributed by atoms with E-state index < -0.39 is 24.3 Å². The Labute approximate surface area is 255 Å². The maximum Gasteiger partial charge on any atom is 0.490 e. The molecule has 0 atom stereocenters. The molecule has 2 aromatic heterocycles. The Morgan fingerprint density at radius 3 is 2.00 bits per heavy atom. The molecular formula is C28H25F6N3O7S. The molecule has 0 spiro atoms. The zero-order valence-corrected chi connectivity index (χ0v) is 24.2. The molecule has 0 aliphatic heterocycles. The monoisotopic (exact) mass is 661 g/mol. The zero-order chi connectivity index (χ0) is 33.8. The number of carbonyl (C=O) groups excluding carboxylic acids is 1. The number of thiazole rings is 1. The van der Waals surface area contributed by atoms with E-state index in [0.717, 1.165) is 32.7 Å². The highest BCUT2D eigenvalue weighted by molar-refractivity contribution is 7.20. The number of ether oxygens (including phenoxy) is 2. The average Bonchev–Trinajstić information content (AvgIpc) is 3.43. The molecule has 242 valence electrons. The Morgan fingerprint density at radius 1 is 0.867 bits per heavy atom. The molecule has 0 saturated heterocycles. The first-order valence-electron chi connectivity index (χ1n) is 12.4. The molecule has 0 fully saturated rings. The predicted molar refractivity (Wildman–Crippen MR) is 150 cm³/mol. The molecule has 45 heavy (non-hydrogen) atoms. The van der Waals surface area contributed by atoms with Gasteiger partial charge in [-0.25, -0.2) is 14.6 Å². The van der Waals surface area contributed by atoms with Crippen molar-refractivity contribution in [1.29, 1.82) is 0 Å². The Bertz CT molecular complexity index is 1560. The van der Waals surface area contributed by atoms with Crippen molar-refractivity contribution in [2.24, 2.45) is 0 Å². The van der Waals surface area contributed by atoms with E-state index in [1.807, 2.05) is 48.5 Å². The van der Waals surface area contributed by atoms with Gasteiger partial charge in [0, 0.05) is 32.6 Å². The maximum absolute atomic E-state index is 13.3. The molecule has 4 rings (SSSR count). The highest BCUT2D eigenvalue weighted by Gasteiger charge is 2.38. The minimum Gasteiger partial charge on any atom is -0.497 e. The van der Waals surface area contributed by atoms with Crippen molar-refractivity contribution in [2.75, 3.05) is 27.4 Å². The molecule has 2 N–H and O–H groups in total. The minimum absolute atomic E-state index is 0.105. The maximum atomic E-state index is 13.3. The molecule has 17 heteroatoms. The quantitative estimate of drug-likeness (QED) is 0.220. The van der Waals surface area contributed by atoms with Crippen LogP contribution in [0.3, 0.4) is 0 Å². The van der Waals surface area contributed by atoms with Crippen LogP contribution in [0.25, 0.3) is 21.3 Å². The molecule has 2 heterocycles. The lowest BCUT2D eigenvalue weighted by Crippen LogP contribution is -2.33. The summed E-state index contributed by atoms with van der Waals surface area (Å²) in [6.45, 7) is 1.38. The molecule has 1 amide bonds. The Morgan fingerprint density at radius 2 is 1.47 bits per heavy atom. The van der Waals surface area contributed by atoms with E-state index in [1.165, 1.54) is 11.3 Å². The van der Waals surface area contributed by atoms with Gasteiger partial charge >= 0.3 is 24.3 Å². The Kier molecular flexibility index (Phi) is 13.2. The van der Waals surface area contributed by atoms with Crippen LogP contribution in [0.2, 0.25) is 0 Å². The van der Waals surface area contributed by atoms with Crippen LogP contribution in [0.1, 0.15) is 15.4 Å². The van der Waals surface area contributed by atoms with Gasteiger partial charge < -0.3 is 24.6 Å². The fourth-order valence-corrected chi connectivity index (χ4v) is 4.29. The fourth-order valence-electron chi connectivity index (χ4n) is 3.32. The number of carbonyl (C=O) groups is 3. The summed E-state index contributed by atoms with van der Waals surface area (Å²) in [5.41, 5.74) is 3.97. The van der Waals surface area contributed by atoms with Gasteiger partial charge in [-0.2, -0.15) is 26.3 Å². The summed E-state index contributed by atoms with van der Waals surface area (Å²) in [6, 6.07) is 17.7. The highest BCUT2D eigenvalue weighted by atomic mass is 32.1. The van der Waals surface area contributed by atoms with E-state index in [4.69, 9.17) is 29.3 Å². The number of amides is 1. The van der Waals surface area contributed by atoms with Crippen molar-refractivity contribution in [3.05, 3.63) is 77.6 Å². The highest BCUT2D eigenvalue weighted by Crippen LogP contribution is 2.29. The van der Waals surface area contributed by atoms with Gasteiger partial charge in [0.05, 0.1) is 23.9 Å². The van der Waals surface area contributed by atoms with Gasteiger partial charge in [0.25, 0.3) is 5.91 Å². The lowest BCUT2D eigenvalue weighted by molar-refractivity contribution is -0.193. The van der Waals surface area contributed by atoms with Crippen LogP contribution < -0.4 is 4.74 Å². The molecule has 0 unspecified atom stereocenters. The third-order valence-electron chi connectivity index (χ3n) is 5.43. The zero-order valence-electron chi connectivity index (χ0n) is 23.4. The first kappa shape index (κ1) is 36.4. The SMILES string of the molecule is COCCN(Cc1cccc(OC)c1)C(=O)c1nc2ccc(-c3ccncc3)cc2s1.O=C(O)C(F)(F)F.O=C(O)C(F)(F)F. The number of benzene rings is 2. The molecule has 0 aliphatic rings. The number of aromatic nitrogens is 2. The minimum atomic E-state index is -5.08. The van der Waals surface area contributed by atoms with E-state index in [9.17, 15) is 31.1 Å². The molecule has 0 bridgehead atoms. The number of fused-ring (bicyclic) bond motifs is 1. The van der Waals surface area contributed by atoms with Crippen LogP contribution >= 0.6 is 11.3 Å². The summed E-state index contributed by atoms with van der Waals surface area (Å²) in [6.07, 6.45) is -6.62. The first-order valence-corrected chi connectivity index (χ1v) is 13.2. The lowest BCUT2D eigenvalue weighted by Gasteiger charge is -2.21. The molecule has 0 aliphatic carbocycles. The number of alkyl halides is 6. The van der Waals surface area contributed by atoms with Gasteiger partial charge in [0.15, 0.2) is 5.01 Å². The van der Waals surface area contributed by atoms with Crippen molar-refractivity contribution < 1.29 is 60.4 Å². The average molecular weight is 662 g/mol. The van der Waals surface area contributed by atoms with E-state index in [1.54, 1.807) is 31.5 Å². The van der Waals surface area contributed by atoms with Gasteiger partial charge in [-0.3, -0.25) is 9.78 Å². The molecule has 0 saturated carbocycles. The van der Waals surface area contributed by atoms with Crippen molar-refractivity contribution in [2.45, 2.75) is 18.9 Å². The van der Waals surface area contributed by atoms with Gasteiger partial charge in [-0.1, -0.05) is 18.2 Å². The van der Waals surface area contributed by atoms with Crippen LogP contribution in [0.4, 0.5) is 26.3 Å². The van der Waals surface area contributed by atoms with Crippen LogP contribution in [0.15, 0.2) is 67.0 Å². The van der Waals surface area contributed by atoms with E-state index in [2.05, 4.69) is 16.0 Å². The van der Waals surface area contributed by atoms with Crippen LogP contribution in [-0.2, 0) is 20.9 Å². The van der Waals surface area contributed by atoms with Gasteiger partial charge in [-0.15, -0.1) is 11.3 Å². The second-order valence-corrected chi connectivity index (χ2v) is 9.64. The van der Waals surface area contributed by atoms with Crippen molar-refractivity contribution >= 4 is 39.4 Å². The fraction of sp³-hybridized carbons (Fsp3) is 0.250. The topological polar surface area (TPSA) is 139 Å². The predicted octanol–water partition coefficient (Wildman–Crippen LogP) is 5.92. The standard InChI is InChI=1S/C24H23N3O3S.2C2HF3O2/c1-29-13-12-27(16-17-4-3-5-20(14-17)30-2)24(28)23-26-21-7-6-19(15-22(21)31-23)18-8-10-25-11-9-18;2*3-2(4,5)1(6)7/h3-11,14-15H,12-13,16H2,1-2H3;2*(H,6,7). The third-order valence-corrected chi connectivity index (χ3v) is 6.44. The van der Waals surface area contributed by atoms with Crippen LogP contribution in [-0.4, -0.2) is 82.7 Å². The molecular weight excluding hydrogens is 636 g/mol. The van der Waals surface area contributed by atoms with Gasteiger partial charge in [0.2, 0.25) is 0 Å². The molecule has 2 aromatic carbocycles. The van der Waals surface area contributed by atoms with Crippen LogP contribution in [0.5, 0.6) is 5.75 Å². The van der Waals surface area contributed by atoms with Gasteiger partial charge in [-0.05, 0) is 53.1 Å². The number of hydrogen-bond donors (Lipinski definition) is 2. The number of rotatable bonds is 8. The van der Waals surface area contributed by atoms with Crippen LogP contribution in [0, 0.1) is 0 Å². The number of carboxylic acid groups (broad SMARTS) is 2. The number of hydrogen-bond acceptors (Lipinski definition) is 8. The molecule has 4 aromatic rings. The number of pyridine rings is 1. The van der Waals surface area contributed by atoms with Crippen molar-refractivity contribution in [1.82, 2.24) is 14.9 Å². The Balaban J connectivity index is 0.000000421. The summed E-state index contributed by atoms with van der Waals surface area (Å²) in [5.74, 6) is -4.85. The number of aliphatic carboxylic acids is 2. The second kappa shape index (κ2) is 16.3. The molecule has 10 nitrogen and oxygen atoms in total. The van der Waals surface area contributed by atoms with E-state index >= 15 is 0 Å².